The van der Waals surface area contributed by atoms with Gasteiger partial charge in [-0.1, -0.05) is 148 Å². The van der Waals surface area contributed by atoms with Gasteiger partial charge in [0.15, 0.2) is 6.29 Å². The van der Waals surface area contributed by atoms with Crippen LogP contribution < -0.4 is 5.32 Å². The number of ether oxygens (including phenoxy) is 2. The van der Waals surface area contributed by atoms with Crippen molar-refractivity contribution in [3.63, 3.8) is 0 Å². The Hall–Kier alpha value is -1.20. The van der Waals surface area contributed by atoms with Crippen LogP contribution in [0.2, 0.25) is 0 Å². The average Bonchev–Trinajstić information content (AvgIpc) is 3.14. The fraction of sp³-hybridized carbons (Fsp3) is 0.925. The molecule has 0 spiro atoms. The fourth-order valence-electron chi connectivity index (χ4n) is 6.75. The first-order chi connectivity index (χ1) is 25.9. The van der Waals surface area contributed by atoms with Gasteiger partial charge in [0.05, 0.1) is 25.4 Å². The van der Waals surface area contributed by atoms with E-state index in [0.29, 0.717) is 19.3 Å². The summed E-state index contributed by atoms with van der Waals surface area (Å²) in [6.07, 6.45) is 20.3. The molecule has 0 bridgehead atoms. The van der Waals surface area contributed by atoms with Crippen molar-refractivity contribution in [2.45, 2.75) is 223 Å². The van der Waals surface area contributed by atoms with Gasteiger partial charge in [-0.3, -0.25) is 9.35 Å². The van der Waals surface area contributed by atoms with Gasteiger partial charge in [-0.2, -0.15) is 8.42 Å². The van der Waals surface area contributed by atoms with Crippen molar-refractivity contribution in [3.8, 4) is 0 Å². The lowest BCUT2D eigenvalue weighted by Crippen LogP contribution is -2.61. The lowest BCUT2D eigenvalue weighted by atomic mass is 9.99. The van der Waals surface area contributed by atoms with Crippen molar-refractivity contribution < 1.29 is 57.0 Å². The van der Waals surface area contributed by atoms with Crippen molar-refractivity contribution in [3.05, 3.63) is 12.2 Å². The van der Waals surface area contributed by atoms with Gasteiger partial charge in [0.25, 0.3) is 0 Å². The molecule has 1 rings (SSSR count). The second kappa shape index (κ2) is 31.8. The Bertz CT molecular complexity index is 1050. The summed E-state index contributed by atoms with van der Waals surface area (Å²) in [6, 6.07) is -1.03. The molecule has 1 saturated heterocycles. The molecule has 7 N–H and O–H groups in total. The first kappa shape index (κ1) is 50.8. The van der Waals surface area contributed by atoms with Crippen LogP contribution in [0.3, 0.4) is 0 Å². The summed E-state index contributed by atoms with van der Waals surface area (Å²) in [5.74, 6) is -0.679. The number of aliphatic hydroxyl groups excluding tert-OH is 5. The predicted molar refractivity (Wildman–Crippen MR) is 210 cm³/mol. The molecule has 1 heterocycles. The Morgan fingerprint density at radius 1 is 0.722 bits per heavy atom. The Kier molecular flexibility index (Phi) is 30.0. The third-order valence-corrected chi connectivity index (χ3v) is 10.6. The van der Waals surface area contributed by atoms with E-state index in [1.807, 2.05) is 0 Å². The summed E-state index contributed by atoms with van der Waals surface area (Å²) in [4.78, 5) is 13.0. The summed E-state index contributed by atoms with van der Waals surface area (Å²) in [7, 11) is -5.10. The molecule has 14 heteroatoms. The van der Waals surface area contributed by atoms with E-state index in [1.165, 1.54) is 64.2 Å². The van der Waals surface area contributed by atoms with Crippen LogP contribution in [-0.4, -0.2) is 107 Å². The smallest absolute Gasteiger partial charge is 0.394 e. The number of hydrogen-bond donors (Lipinski definition) is 7. The van der Waals surface area contributed by atoms with E-state index in [9.17, 15) is 38.7 Å². The minimum Gasteiger partial charge on any atom is -0.394 e. The highest BCUT2D eigenvalue weighted by Gasteiger charge is 2.48. The van der Waals surface area contributed by atoms with Crippen LogP contribution in [0.4, 0.5) is 0 Å². The highest BCUT2D eigenvalue weighted by atomic mass is 32.3. The van der Waals surface area contributed by atoms with Crippen LogP contribution in [0.5, 0.6) is 0 Å². The Labute approximate surface area is 326 Å². The summed E-state index contributed by atoms with van der Waals surface area (Å²) < 4.78 is 47.2. The van der Waals surface area contributed by atoms with Crippen LogP contribution in [0.25, 0.3) is 0 Å². The van der Waals surface area contributed by atoms with Crippen molar-refractivity contribution in [1.82, 2.24) is 5.32 Å². The Morgan fingerprint density at radius 2 is 1.19 bits per heavy atom. The van der Waals surface area contributed by atoms with Crippen LogP contribution in [0.15, 0.2) is 12.2 Å². The predicted octanol–water partition coefficient (Wildman–Crippen LogP) is 6.19. The molecule has 8 unspecified atom stereocenters. The number of carbonyl (C=O) groups is 1. The quantitative estimate of drug-likeness (QED) is 0.0218. The second-order valence-electron chi connectivity index (χ2n) is 15.1. The topological polar surface area (TPSA) is 212 Å². The van der Waals surface area contributed by atoms with Gasteiger partial charge in [0.1, 0.15) is 30.5 Å². The van der Waals surface area contributed by atoms with E-state index in [4.69, 9.17) is 14.0 Å². The van der Waals surface area contributed by atoms with E-state index in [-0.39, 0.29) is 6.42 Å². The second-order valence-corrected chi connectivity index (χ2v) is 16.1. The summed E-state index contributed by atoms with van der Waals surface area (Å²) >= 11 is 0. The molecule has 8 atom stereocenters. The molecular weight excluding hydrogens is 719 g/mol. The lowest BCUT2D eigenvalue weighted by Gasteiger charge is -2.41. The zero-order valence-electron chi connectivity index (χ0n) is 33.4. The highest BCUT2D eigenvalue weighted by molar-refractivity contribution is 7.80. The molecule has 1 aliphatic rings. The van der Waals surface area contributed by atoms with Crippen molar-refractivity contribution in [1.29, 1.82) is 0 Å². The largest absolute Gasteiger partial charge is 0.397 e. The van der Waals surface area contributed by atoms with Crippen LogP contribution >= 0.6 is 0 Å². The standard InChI is InChI=1S/C40H77NO12S/c1-3-5-7-9-11-12-13-14-15-16-17-18-19-20-21-22-23-25-27-29-34(44)39(47)41-32(33(43)28-26-24-10-8-6-4-2)31-51-40-37(46)38(53-54(48,49)50)36(45)35(30-42)52-40/h17-18,32-38,40,42-46H,3-16,19-31H2,1-2H3,(H,41,47)(H,48,49,50)/b18-17-. The van der Waals surface area contributed by atoms with Crippen LogP contribution in [-0.2, 0) is 28.9 Å². The zero-order valence-corrected chi connectivity index (χ0v) is 34.2. The molecule has 0 aromatic heterocycles. The monoisotopic (exact) mass is 796 g/mol. The first-order valence-electron chi connectivity index (χ1n) is 21.2. The summed E-state index contributed by atoms with van der Waals surface area (Å²) in [5.41, 5.74) is 0. The molecule has 0 saturated carbocycles. The van der Waals surface area contributed by atoms with Crippen molar-refractivity contribution >= 4 is 16.3 Å². The fourth-order valence-corrected chi connectivity index (χ4v) is 7.26. The summed E-state index contributed by atoms with van der Waals surface area (Å²) in [6.45, 7) is 3.17. The number of amides is 1. The van der Waals surface area contributed by atoms with Gasteiger partial charge in [-0.05, 0) is 38.5 Å². The normalized spacial score (nSPS) is 22.4. The average molecular weight is 796 g/mol. The zero-order chi connectivity index (χ0) is 40.0. The number of carbonyl (C=O) groups excluding carboxylic acids is 1. The van der Waals surface area contributed by atoms with E-state index < -0.39 is 78.5 Å². The third kappa shape index (κ3) is 24.4. The molecule has 1 aliphatic heterocycles. The first-order valence-corrected chi connectivity index (χ1v) is 22.5. The Morgan fingerprint density at radius 3 is 1.67 bits per heavy atom. The minimum atomic E-state index is -5.10. The van der Waals surface area contributed by atoms with Crippen molar-refractivity contribution in [2.24, 2.45) is 0 Å². The van der Waals surface area contributed by atoms with Gasteiger partial charge < -0.3 is 40.3 Å². The molecule has 0 radical (unpaired) electrons. The third-order valence-electron chi connectivity index (χ3n) is 10.2. The van der Waals surface area contributed by atoms with Gasteiger partial charge in [0, 0.05) is 0 Å². The van der Waals surface area contributed by atoms with Gasteiger partial charge in [-0.25, -0.2) is 4.18 Å². The minimum absolute atomic E-state index is 0.254. The number of nitrogens with one attached hydrogen (secondary N) is 1. The molecule has 0 aromatic carbocycles. The lowest BCUT2D eigenvalue weighted by molar-refractivity contribution is -0.298. The van der Waals surface area contributed by atoms with Crippen LogP contribution in [0, 0.1) is 0 Å². The molecule has 54 heavy (non-hydrogen) atoms. The summed E-state index contributed by atoms with van der Waals surface area (Å²) in [5, 5.41) is 54.9. The van der Waals surface area contributed by atoms with Gasteiger partial charge in [0.2, 0.25) is 5.91 Å². The van der Waals surface area contributed by atoms with E-state index in [0.717, 1.165) is 70.6 Å². The van der Waals surface area contributed by atoms with Gasteiger partial charge >= 0.3 is 10.4 Å². The number of rotatable bonds is 35. The molecule has 1 amide bonds. The van der Waals surface area contributed by atoms with E-state index in [1.54, 1.807) is 0 Å². The van der Waals surface area contributed by atoms with Crippen LogP contribution in [0.1, 0.15) is 174 Å². The SMILES string of the molecule is CCCCCCCCCCC/C=C\CCCCCCCCC(O)C(=O)NC(COC1OC(CO)C(O)C(OS(=O)(=O)O)C1O)C(O)CCCCCCCC. The number of aliphatic hydroxyl groups is 5. The molecule has 0 aliphatic carbocycles. The molecule has 320 valence electrons. The number of allylic oxidation sites excluding steroid dienone is 2. The molecule has 1 fully saturated rings. The molecule has 0 aromatic rings. The highest BCUT2D eigenvalue weighted by Crippen LogP contribution is 2.26. The van der Waals surface area contributed by atoms with E-state index >= 15 is 0 Å². The maximum Gasteiger partial charge on any atom is 0.397 e. The van der Waals surface area contributed by atoms with E-state index in [2.05, 4.69) is 35.5 Å². The maximum absolute atomic E-state index is 13.0. The maximum atomic E-state index is 13.0. The van der Waals surface area contributed by atoms with Gasteiger partial charge in [-0.15, -0.1) is 0 Å². The Balaban J connectivity index is 2.47. The number of hydrogen-bond acceptors (Lipinski definition) is 11. The van der Waals surface area contributed by atoms with Crippen molar-refractivity contribution in [2.75, 3.05) is 13.2 Å². The molecular formula is C40H77NO12S. The number of unbranched alkanes of at least 4 members (excludes halogenated alkanes) is 20. The molecule has 13 nitrogen and oxygen atoms in total.